The minimum absolute atomic E-state index is 0.0280. The third-order valence-electron chi connectivity index (χ3n) is 4.22. The summed E-state index contributed by atoms with van der Waals surface area (Å²) < 4.78 is 16.4. The number of ether oxygens (including phenoxy) is 1. The molecule has 6 nitrogen and oxygen atoms in total. The molecule has 2 aromatic heterocycles. The molecule has 22 heavy (non-hydrogen) atoms. The maximum absolute atomic E-state index is 12.7. The molecule has 1 aliphatic carbocycles. The van der Waals surface area contributed by atoms with Crippen LogP contribution in [0.2, 0.25) is 0 Å². The molecule has 2 aliphatic rings. The number of aryl methyl sites for hydroxylation is 1. The molecule has 0 spiro atoms. The van der Waals surface area contributed by atoms with Crippen LogP contribution in [0.1, 0.15) is 52.4 Å². The number of carbonyl (C=O) groups is 1. The maximum Gasteiger partial charge on any atom is 0.259 e. The van der Waals surface area contributed by atoms with E-state index in [1.165, 1.54) is 6.26 Å². The Morgan fingerprint density at radius 3 is 2.95 bits per heavy atom. The second kappa shape index (κ2) is 5.28. The summed E-state index contributed by atoms with van der Waals surface area (Å²) in [5.74, 6) is 1.97. The third kappa shape index (κ3) is 2.43. The van der Waals surface area contributed by atoms with E-state index in [9.17, 15) is 4.79 Å². The lowest BCUT2D eigenvalue weighted by Gasteiger charge is -2.31. The van der Waals surface area contributed by atoms with Crippen molar-refractivity contribution < 1.29 is 18.5 Å². The van der Waals surface area contributed by atoms with Crippen LogP contribution in [0.3, 0.4) is 0 Å². The molecule has 0 radical (unpaired) electrons. The lowest BCUT2D eigenvalue weighted by Crippen LogP contribution is -2.42. The lowest BCUT2D eigenvalue weighted by molar-refractivity contribution is -0.0324. The van der Waals surface area contributed by atoms with Gasteiger partial charge in [-0.1, -0.05) is 5.16 Å². The number of aromatic nitrogens is 1. The van der Waals surface area contributed by atoms with Crippen molar-refractivity contribution in [2.24, 2.45) is 0 Å². The standard InChI is InChI=1S/C16H18N2O4/c1-10-2-5-13(22-10)14-8-18(6-7-20-14)16(19)12-9-21-17-15(12)11-3-4-11/h2,5,9,11,14H,3-4,6-8H2,1H3. The summed E-state index contributed by atoms with van der Waals surface area (Å²) in [6, 6.07) is 3.81. The molecule has 1 amide bonds. The van der Waals surface area contributed by atoms with Crippen LogP contribution in [0.4, 0.5) is 0 Å². The molecule has 0 aromatic carbocycles. The number of furan rings is 1. The van der Waals surface area contributed by atoms with E-state index in [1.54, 1.807) is 4.90 Å². The quantitative estimate of drug-likeness (QED) is 0.872. The highest BCUT2D eigenvalue weighted by molar-refractivity contribution is 5.95. The first-order chi connectivity index (χ1) is 10.7. The smallest absolute Gasteiger partial charge is 0.259 e. The van der Waals surface area contributed by atoms with E-state index in [-0.39, 0.29) is 12.0 Å². The molecule has 1 unspecified atom stereocenters. The molecule has 1 aliphatic heterocycles. The van der Waals surface area contributed by atoms with Gasteiger partial charge in [-0.05, 0) is 31.9 Å². The lowest BCUT2D eigenvalue weighted by atomic mass is 10.1. The number of rotatable bonds is 3. The van der Waals surface area contributed by atoms with Crippen LogP contribution in [0.5, 0.6) is 0 Å². The Bertz CT molecular complexity index is 686. The van der Waals surface area contributed by atoms with Crippen molar-refractivity contribution >= 4 is 5.91 Å². The van der Waals surface area contributed by atoms with Crippen molar-refractivity contribution in [3.05, 3.63) is 41.2 Å². The van der Waals surface area contributed by atoms with Crippen LogP contribution in [-0.2, 0) is 4.74 Å². The van der Waals surface area contributed by atoms with E-state index in [2.05, 4.69) is 5.16 Å². The predicted molar refractivity (Wildman–Crippen MR) is 76.5 cm³/mol. The number of hydrogen-bond donors (Lipinski definition) is 0. The number of morpholine rings is 1. The van der Waals surface area contributed by atoms with Gasteiger partial charge in [0, 0.05) is 12.5 Å². The zero-order chi connectivity index (χ0) is 15.1. The van der Waals surface area contributed by atoms with Gasteiger partial charge >= 0.3 is 0 Å². The Morgan fingerprint density at radius 1 is 1.36 bits per heavy atom. The van der Waals surface area contributed by atoms with Gasteiger partial charge < -0.3 is 18.6 Å². The van der Waals surface area contributed by atoms with E-state index >= 15 is 0 Å². The summed E-state index contributed by atoms with van der Waals surface area (Å²) >= 11 is 0. The highest BCUT2D eigenvalue weighted by Crippen LogP contribution is 2.41. The van der Waals surface area contributed by atoms with E-state index in [0.29, 0.717) is 31.2 Å². The van der Waals surface area contributed by atoms with Crippen LogP contribution in [0, 0.1) is 6.92 Å². The summed E-state index contributed by atoms with van der Waals surface area (Å²) in [5.41, 5.74) is 1.40. The minimum atomic E-state index is -0.212. The van der Waals surface area contributed by atoms with Crippen molar-refractivity contribution in [2.75, 3.05) is 19.7 Å². The fourth-order valence-electron chi connectivity index (χ4n) is 2.86. The molecule has 2 aromatic rings. The van der Waals surface area contributed by atoms with E-state index in [0.717, 1.165) is 30.1 Å². The Balaban J connectivity index is 1.52. The fraction of sp³-hybridized carbons (Fsp3) is 0.500. The second-order valence-corrected chi connectivity index (χ2v) is 5.95. The Labute approximate surface area is 128 Å². The Hall–Kier alpha value is -2.08. The Kier molecular flexibility index (Phi) is 3.26. The van der Waals surface area contributed by atoms with Gasteiger partial charge in [-0.3, -0.25) is 4.79 Å². The number of hydrogen-bond acceptors (Lipinski definition) is 5. The molecule has 2 fully saturated rings. The van der Waals surface area contributed by atoms with Gasteiger partial charge in [-0.25, -0.2) is 0 Å². The average Bonchev–Trinajstić information content (AvgIpc) is 3.10. The highest BCUT2D eigenvalue weighted by atomic mass is 16.5. The molecular formula is C16H18N2O4. The summed E-state index contributed by atoms with van der Waals surface area (Å²) in [6.07, 6.45) is 3.43. The van der Waals surface area contributed by atoms with Crippen LogP contribution >= 0.6 is 0 Å². The molecule has 1 atom stereocenters. The highest BCUT2D eigenvalue weighted by Gasteiger charge is 2.35. The van der Waals surface area contributed by atoms with Crippen molar-refractivity contribution in [3.8, 4) is 0 Å². The van der Waals surface area contributed by atoms with Crippen molar-refractivity contribution in [3.63, 3.8) is 0 Å². The second-order valence-electron chi connectivity index (χ2n) is 5.95. The number of nitrogens with zero attached hydrogens (tertiary/aromatic N) is 2. The van der Waals surface area contributed by atoms with E-state index in [1.807, 2.05) is 19.1 Å². The molecule has 116 valence electrons. The first-order valence-electron chi connectivity index (χ1n) is 7.64. The first-order valence-corrected chi connectivity index (χ1v) is 7.64. The first kappa shape index (κ1) is 13.6. The zero-order valence-electron chi connectivity index (χ0n) is 12.4. The van der Waals surface area contributed by atoms with Crippen molar-refractivity contribution in [1.82, 2.24) is 10.1 Å². The zero-order valence-corrected chi connectivity index (χ0v) is 12.4. The van der Waals surface area contributed by atoms with Crippen LogP contribution in [-0.4, -0.2) is 35.7 Å². The summed E-state index contributed by atoms with van der Waals surface area (Å²) in [6.45, 7) is 3.46. The van der Waals surface area contributed by atoms with Gasteiger partial charge in [0.05, 0.1) is 18.8 Å². The summed E-state index contributed by atoms with van der Waals surface area (Å²) in [5, 5.41) is 4.00. The SMILES string of the molecule is Cc1ccc(C2CN(C(=O)c3conc3C3CC3)CCO2)o1. The van der Waals surface area contributed by atoms with E-state index in [4.69, 9.17) is 13.7 Å². The summed E-state index contributed by atoms with van der Waals surface area (Å²) in [7, 11) is 0. The van der Waals surface area contributed by atoms with Crippen LogP contribution < -0.4 is 0 Å². The normalized spacial score (nSPS) is 22.0. The molecule has 6 heteroatoms. The predicted octanol–water partition coefficient (Wildman–Crippen LogP) is 2.67. The molecule has 4 rings (SSSR count). The Morgan fingerprint density at radius 2 is 2.23 bits per heavy atom. The minimum Gasteiger partial charge on any atom is -0.464 e. The van der Waals surface area contributed by atoms with Crippen molar-refractivity contribution in [1.29, 1.82) is 0 Å². The van der Waals surface area contributed by atoms with Gasteiger partial charge in [-0.15, -0.1) is 0 Å². The molecule has 3 heterocycles. The molecule has 1 saturated heterocycles. The monoisotopic (exact) mass is 302 g/mol. The largest absolute Gasteiger partial charge is 0.464 e. The van der Waals surface area contributed by atoms with Gasteiger partial charge in [-0.2, -0.15) is 0 Å². The van der Waals surface area contributed by atoms with Gasteiger partial charge in [0.25, 0.3) is 5.91 Å². The van der Waals surface area contributed by atoms with Gasteiger partial charge in [0.15, 0.2) is 0 Å². The molecule has 0 N–H and O–H groups in total. The number of amides is 1. The van der Waals surface area contributed by atoms with Crippen LogP contribution in [0.25, 0.3) is 0 Å². The van der Waals surface area contributed by atoms with Gasteiger partial charge in [0.2, 0.25) is 0 Å². The maximum atomic E-state index is 12.7. The van der Waals surface area contributed by atoms with Crippen molar-refractivity contribution in [2.45, 2.75) is 31.8 Å². The summed E-state index contributed by atoms with van der Waals surface area (Å²) in [4.78, 5) is 14.5. The molecule has 0 bridgehead atoms. The molecule has 1 saturated carbocycles. The number of carbonyl (C=O) groups excluding carboxylic acids is 1. The van der Waals surface area contributed by atoms with Gasteiger partial charge in [0.1, 0.15) is 29.5 Å². The fourth-order valence-corrected chi connectivity index (χ4v) is 2.86. The van der Waals surface area contributed by atoms with E-state index < -0.39 is 0 Å². The van der Waals surface area contributed by atoms with Crippen LogP contribution in [0.15, 0.2) is 27.3 Å². The topological polar surface area (TPSA) is 68.7 Å². The average molecular weight is 302 g/mol. The molecular weight excluding hydrogens is 284 g/mol. The third-order valence-corrected chi connectivity index (χ3v) is 4.22.